The van der Waals surface area contributed by atoms with Gasteiger partial charge < -0.3 is 9.17 Å². The van der Waals surface area contributed by atoms with Gasteiger partial charge in [-0.1, -0.05) is 42.5 Å². The van der Waals surface area contributed by atoms with Crippen LogP contribution in [0.4, 0.5) is 0 Å². The van der Waals surface area contributed by atoms with E-state index in [4.69, 9.17) is 4.55 Å². The van der Waals surface area contributed by atoms with Crippen molar-refractivity contribution in [1.82, 2.24) is 4.98 Å². The first-order valence-corrected chi connectivity index (χ1v) is 7.69. The largest absolute Gasteiger partial charge is 0.446 e. The van der Waals surface area contributed by atoms with E-state index in [2.05, 4.69) is 9.17 Å². The van der Waals surface area contributed by atoms with Gasteiger partial charge in [0.05, 0.1) is 5.69 Å². The van der Waals surface area contributed by atoms with Crippen LogP contribution in [0.15, 0.2) is 59.4 Å². The van der Waals surface area contributed by atoms with Crippen LogP contribution in [0.1, 0.15) is 0 Å². The minimum atomic E-state index is -4.82. The number of pyridine rings is 1. The van der Waals surface area contributed by atoms with Crippen molar-refractivity contribution >= 4 is 21.3 Å². The minimum absolute atomic E-state index is 0.182. The quantitative estimate of drug-likeness (QED) is 0.723. The van der Waals surface area contributed by atoms with E-state index in [9.17, 15) is 13.2 Å². The Labute approximate surface area is 126 Å². The number of benzene rings is 2. The minimum Gasteiger partial charge on any atom is -0.355 e. The lowest BCUT2D eigenvalue weighted by molar-refractivity contribution is 0.386. The molecule has 0 atom stereocenters. The summed E-state index contributed by atoms with van der Waals surface area (Å²) in [6.45, 7) is 0. The molecule has 0 amide bonds. The number of para-hydroxylation sites is 1. The fourth-order valence-electron chi connectivity index (χ4n) is 2.21. The van der Waals surface area contributed by atoms with Crippen LogP contribution in [-0.4, -0.2) is 18.0 Å². The molecule has 0 aliphatic heterocycles. The molecule has 0 bridgehead atoms. The molecule has 0 radical (unpaired) electrons. The highest BCUT2D eigenvalue weighted by Gasteiger charge is 2.19. The van der Waals surface area contributed by atoms with Crippen molar-refractivity contribution in [2.24, 2.45) is 0 Å². The van der Waals surface area contributed by atoms with Crippen LogP contribution in [-0.2, 0) is 10.4 Å². The first-order chi connectivity index (χ1) is 10.5. The monoisotopic (exact) mass is 317 g/mol. The fraction of sp³-hybridized carbons (Fsp3) is 0. The van der Waals surface area contributed by atoms with Crippen molar-refractivity contribution in [3.63, 3.8) is 0 Å². The van der Waals surface area contributed by atoms with Crippen LogP contribution < -0.4 is 9.61 Å². The third kappa shape index (κ3) is 2.72. The lowest BCUT2D eigenvalue weighted by Crippen LogP contribution is -2.16. The molecule has 6 nitrogen and oxygen atoms in total. The van der Waals surface area contributed by atoms with Gasteiger partial charge in [-0.2, -0.15) is 8.42 Å². The number of aromatic nitrogens is 1. The summed E-state index contributed by atoms with van der Waals surface area (Å²) in [7, 11) is -4.82. The third-order valence-electron chi connectivity index (χ3n) is 3.12. The molecular weight excluding hydrogens is 306 g/mol. The van der Waals surface area contributed by atoms with Crippen LogP contribution in [0.2, 0.25) is 0 Å². The van der Waals surface area contributed by atoms with Gasteiger partial charge in [-0.3, -0.25) is 9.35 Å². The zero-order valence-corrected chi connectivity index (χ0v) is 12.0. The van der Waals surface area contributed by atoms with E-state index in [0.717, 1.165) is 0 Å². The van der Waals surface area contributed by atoms with E-state index >= 15 is 0 Å². The molecule has 3 rings (SSSR count). The van der Waals surface area contributed by atoms with E-state index < -0.39 is 21.6 Å². The predicted molar refractivity (Wildman–Crippen MR) is 82.2 cm³/mol. The Hall–Kier alpha value is -2.64. The Morgan fingerprint density at radius 2 is 1.59 bits per heavy atom. The van der Waals surface area contributed by atoms with Crippen LogP contribution in [0, 0.1) is 0 Å². The first kappa shape index (κ1) is 14.3. The lowest BCUT2D eigenvalue weighted by Gasteiger charge is -2.10. The summed E-state index contributed by atoms with van der Waals surface area (Å²) in [5.41, 5.74) is 0.658. The number of rotatable bonds is 3. The van der Waals surface area contributed by atoms with Crippen LogP contribution in [0.25, 0.3) is 22.2 Å². The number of H-pyrrole nitrogens is 1. The van der Waals surface area contributed by atoms with Crippen molar-refractivity contribution in [2.45, 2.75) is 0 Å². The normalized spacial score (nSPS) is 11.5. The van der Waals surface area contributed by atoms with E-state index in [0.29, 0.717) is 11.1 Å². The van der Waals surface area contributed by atoms with E-state index in [1.165, 1.54) is 0 Å². The molecule has 7 heteroatoms. The third-order valence-corrected chi connectivity index (χ3v) is 3.49. The smallest absolute Gasteiger partial charge is 0.355 e. The van der Waals surface area contributed by atoms with Gasteiger partial charge in [0.15, 0.2) is 0 Å². The van der Waals surface area contributed by atoms with Crippen molar-refractivity contribution in [3.8, 4) is 17.0 Å². The molecule has 0 saturated carbocycles. The van der Waals surface area contributed by atoms with Crippen molar-refractivity contribution in [2.75, 3.05) is 0 Å². The second-order valence-electron chi connectivity index (χ2n) is 4.58. The molecule has 22 heavy (non-hydrogen) atoms. The van der Waals surface area contributed by atoms with Crippen LogP contribution in [0.3, 0.4) is 0 Å². The summed E-state index contributed by atoms with van der Waals surface area (Å²) in [4.78, 5) is 15.5. The number of aromatic amines is 1. The molecule has 2 aromatic carbocycles. The number of fused-ring (bicyclic) bond motifs is 1. The molecule has 0 unspecified atom stereocenters. The molecule has 0 aliphatic rings. The number of hydrogen-bond acceptors (Lipinski definition) is 4. The summed E-state index contributed by atoms with van der Waals surface area (Å²) < 4.78 is 35.6. The number of hydrogen-bond donors (Lipinski definition) is 2. The van der Waals surface area contributed by atoms with Gasteiger partial charge in [0, 0.05) is 16.5 Å². The van der Waals surface area contributed by atoms with Gasteiger partial charge in [-0.15, -0.1) is 0 Å². The van der Waals surface area contributed by atoms with Crippen molar-refractivity contribution in [1.29, 1.82) is 0 Å². The van der Waals surface area contributed by atoms with Gasteiger partial charge in [-0.05, 0) is 12.1 Å². The summed E-state index contributed by atoms with van der Waals surface area (Å²) in [6, 6.07) is 15.3. The molecule has 112 valence electrons. The molecule has 0 spiro atoms. The summed E-state index contributed by atoms with van der Waals surface area (Å²) in [5.74, 6) is -0.465. The standard InChI is InChI=1S/C15H11NO5S/c17-14-11-8-4-5-9-12(11)16-13(10-6-2-1-3-7-10)15(14)21-22(18,19)20/h1-9H,(H,16,17)(H,18,19,20). The van der Waals surface area contributed by atoms with Crippen LogP contribution in [0.5, 0.6) is 5.75 Å². The second kappa shape index (κ2) is 5.28. The molecule has 3 aromatic rings. The summed E-state index contributed by atoms with van der Waals surface area (Å²) in [5, 5.41) is 0.265. The maximum atomic E-state index is 12.5. The predicted octanol–water partition coefficient (Wildman–Crippen LogP) is 2.38. The van der Waals surface area contributed by atoms with Gasteiger partial charge in [0.25, 0.3) is 0 Å². The summed E-state index contributed by atoms with van der Waals surface area (Å²) in [6.07, 6.45) is 0. The zero-order chi connectivity index (χ0) is 15.7. The molecule has 1 aromatic heterocycles. The van der Waals surface area contributed by atoms with Gasteiger partial charge in [-0.25, -0.2) is 0 Å². The first-order valence-electron chi connectivity index (χ1n) is 6.33. The Balaban J connectivity index is 2.38. The SMILES string of the molecule is O=c1c(OS(=O)(=O)O)c(-c2ccccc2)[nH]c2ccccc12. The van der Waals surface area contributed by atoms with Crippen molar-refractivity contribution in [3.05, 3.63) is 64.8 Å². The average molecular weight is 317 g/mol. The molecule has 2 N–H and O–H groups in total. The Bertz CT molecular complexity index is 993. The van der Waals surface area contributed by atoms with E-state index in [1.807, 2.05) is 0 Å². The maximum Gasteiger partial charge on any atom is 0.446 e. The fourth-order valence-corrected chi connectivity index (χ4v) is 2.58. The van der Waals surface area contributed by atoms with Gasteiger partial charge >= 0.3 is 10.4 Å². The topological polar surface area (TPSA) is 96.5 Å². The Morgan fingerprint density at radius 1 is 0.955 bits per heavy atom. The zero-order valence-electron chi connectivity index (χ0n) is 11.2. The van der Waals surface area contributed by atoms with Gasteiger partial charge in [0.1, 0.15) is 0 Å². The highest BCUT2D eigenvalue weighted by Crippen LogP contribution is 2.28. The van der Waals surface area contributed by atoms with Gasteiger partial charge in [0.2, 0.25) is 11.2 Å². The highest BCUT2D eigenvalue weighted by molar-refractivity contribution is 7.81. The van der Waals surface area contributed by atoms with E-state index in [-0.39, 0.29) is 11.1 Å². The Kier molecular flexibility index (Phi) is 3.44. The molecule has 0 fully saturated rings. The lowest BCUT2D eigenvalue weighted by atomic mass is 10.1. The molecule has 1 heterocycles. The van der Waals surface area contributed by atoms with Crippen LogP contribution >= 0.6 is 0 Å². The van der Waals surface area contributed by atoms with E-state index in [1.54, 1.807) is 54.6 Å². The maximum absolute atomic E-state index is 12.5. The molecule has 0 saturated heterocycles. The highest BCUT2D eigenvalue weighted by atomic mass is 32.3. The molecular formula is C15H11NO5S. The number of nitrogens with one attached hydrogen (secondary N) is 1. The summed E-state index contributed by atoms with van der Waals surface area (Å²) >= 11 is 0. The molecule has 0 aliphatic carbocycles. The second-order valence-corrected chi connectivity index (χ2v) is 5.60. The van der Waals surface area contributed by atoms with Crippen molar-refractivity contribution < 1.29 is 17.2 Å². The Morgan fingerprint density at radius 3 is 2.27 bits per heavy atom. The average Bonchev–Trinajstić information content (AvgIpc) is 2.50.